The third-order valence-electron chi connectivity index (χ3n) is 14.3. The van der Waals surface area contributed by atoms with Crippen molar-refractivity contribution >= 4 is 17.9 Å². The van der Waals surface area contributed by atoms with E-state index in [0.717, 1.165) is 63.7 Å². The van der Waals surface area contributed by atoms with Crippen molar-refractivity contribution in [3.63, 3.8) is 0 Å². The quantitative estimate of drug-likeness (QED) is 0.0343. The molecule has 0 heterocycles. The van der Waals surface area contributed by atoms with E-state index in [2.05, 4.69) is 27.7 Å². The normalized spacial score (nSPS) is 12.0. The summed E-state index contributed by atoms with van der Waals surface area (Å²) in [6.45, 7) is 9.09. The number of unbranched alkanes of at least 4 members (excludes halogenated alkanes) is 44. The topological polar surface area (TPSA) is 78.9 Å². The molecule has 0 aliphatic heterocycles. The van der Waals surface area contributed by atoms with Crippen LogP contribution in [0.3, 0.4) is 0 Å². The number of carbonyl (C=O) groups excluding carboxylic acids is 3. The highest BCUT2D eigenvalue weighted by atomic mass is 16.6. The molecular formula is C62H120O6. The minimum Gasteiger partial charge on any atom is -0.462 e. The fraction of sp³-hybridized carbons (Fsp3) is 0.952. The molecule has 0 radical (unpaired) electrons. The zero-order valence-corrected chi connectivity index (χ0v) is 46.6. The van der Waals surface area contributed by atoms with Crippen LogP contribution in [0.25, 0.3) is 0 Å². The summed E-state index contributed by atoms with van der Waals surface area (Å²) in [6, 6.07) is 0. The second kappa shape index (κ2) is 56.3. The summed E-state index contributed by atoms with van der Waals surface area (Å²) in [5.74, 6) is 0.0234. The lowest BCUT2D eigenvalue weighted by Crippen LogP contribution is -2.30. The fourth-order valence-corrected chi connectivity index (χ4v) is 9.63. The first kappa shape index (κ1) is 66.4. The molecule has 6 nitrogen and oxygen atoms in total. The van der Waals surface area contributed by atoms with Crippen LogP contribution in [0.4, 0.5) is 0 Å². The molecule has 0 N–H and O–H groups in total. The van der Waals surface area contributed by atoms with E-state index in [1.165, 1.54) is 250 Å². The van der Waals surface area contributed by atoms with Crippen molar-refractivity contribution in [1.82, 2.24) is 0 Å². The highest BCUT2D eigenvalue weighted by Crippen LogP contribution is 2.18. The molecule has 0 rings (SSSR count). The summed E-state index contributed by atoms with van der Waals surface area (Å²) in [6.07, 6.45) is 62.4. The zero-order chi connectivity index (χ0) is 49.5. The summed E-state index contributed by atoms with van der Waals surface area (Å²) in [4.78, 5) is 38.2. The molecule has 0 aliphatic carbocycles. The maximum atomic E-state index is 12.9. The molecule has 0 saturated heterocycles. The van der Waals surface area contributed by atoms with Gasteiger partial charge in [0.1, 0.15) is 13.2 Å². The third kappa shape index (κ3) is 55.3. The molecule has 6 heteroatoms. The highest BCUT2D eigenvalue weighted by Gasteiger charge is 2.19. The van der Waals surface area contributed by atoms with E-state index in [-0.39, 0.29) is 31.1 Å². The van der Waals surface area contributed by atoms with Crippen LogP contribution in [-0.4, -0.2) is 37.2 Å². The van der Waals surface area contributed by atoms with Crippen LogP contribution >= 0.6 is 0 Å². The van der Waals surface area contributed by atoms with Crippen LogP contribution in [0.15, 0.2) is 0 Å². The lowest BCUT2D eigenvalue weighted by molar-refractivity contribution is -0.167. The lowest BCUT2D eigenvalue weighted by atomic mass is 10.0. The van der Waals surface area contributed by atoms with Crippen molar-refractivity contribution in [2.24, 2.45) is 5.92 Å². The number of hydrogen-bond acceptors (Lipinski definition) is 6. The molecular weight excluding hydrogens is 841 g/mol. The summed E-state index contributed by atoms with van der Waals surface area (Å²) < 4.78 is 16.9. The largest absolute Gasteiger partial charge is 0.462 e. The van der Waals surface area contributed by atoms with Gasteiger partial charge in [0, 0.05) is 19.3 Å². The Morgan fingerprint density at radius 2 is 0.485 bits per heavy atom. The van der Waals surface area contributed by atoms with Crippen LogP contribution in [0.5, 0.6) is 0 Å². The molecule has 0 unspecified atom stereocenters. The number of esters is 3. The highest BCUT2D eigenvalue weighted by molar-refractivity contribution is 5.71. The summed E-state index contributed by atoms with van der Waals surface area (Å²) >= 11 is 0. The van der Waals surface area contributed by atoms with Gasteiger partial charge in [-0.25, -0.2) is 0 Å². The molecule has 0 bridgehead atoms. The predicted molar refractivity (Wildman–Crippen MR) is 293 cm³/mol. The van der Waals surface area contributed by atoms with Crippen LogP contribution in [0.2, 0.25) is 0 Å². The Kier molecular flexibility index (Phi) is 55.0. The van der Waals surface area contributed by atoms with Gasteiger partial charge in [-0.2, -0.15) is 0 Å². The molecule has 0 saturated carbocycles. The Bertz CT molecular complexity index is 1030. The molecule has 0 amide bonds. The van der Waals surface area contributed by atoms with E-state index in [1.54, 1.807) is 0 Å². The number of ether oxygens (including phenoxy) is 3. The molecule has 0 aromatic rings. The average molecular weight is 962 g/mol. The number of rotatable bonds is 57. The number of hydrogen-bond donors (Lipinski definition) is 0. The van der Waals surface area contributed by atoms with Crippen LogP contribution < -0.4 is 0 Å². The van der Waals surface area contributed by atoms with Gasteiger partial charge in [-0.3, -0.25) is 14.4 Å². The molecule has 0 fully saturated rings. The van der Waals surface area contributed by atoms with Gasteiger partial charge in [-0.15, -0.1) is 0 Å². The van der Waals surface area contributed by atoms with Gasteiger partial charge in [-0.1, -0.05) is 317 Å². The van der Waals surface area contributed by atoms with Crippen molar-refractivity contribution in [2.75, 3.05) is 13.2 Å². The van der Waals surface area contributed by atoms with Gasteiger partial charge < -0.3 is 14.2 Å². The molecule has 68 heavy (non-hydrogen) atoms. The second-order valence-electron chi connectivity index (χ2n) is 21.8. The number of carbonyl (C=O) groups is 3. The van der Waals surface area contributed by atoms with Gasteiger partial charge in [0.25, 0.3) is 0 Å². The van der Waals surface area contributed by atoms with E-state index in [1.807, 2.05) is 0 Å². The zero-order valence-electron chi connectivity index (χ0n) is 46.6. The molecule has 404 valence electrons. The summed E-state index contributed by atoms with van der Waals surface area (Å²) in [5.41, 5.74) is 0. The molecule has 0 spiro atoms. The van der Waals surface area contributed by atoms with Crippen molar-refractivity contribution in [3.05, 3.63) is 0 Å². The Hall–Kier alpha value is -1.59. The maximum Gasteiger partial charge on any atom is 0.306 e. The fourth-order valence-electron chi connectivity index (χ4n) is 9.63. The van der Waals surface area contributed by atoms with Gasteiger partial charge in [0.2, 0.25) is 0 Å². The summed E-state index contributed by atoms with van der Waals surface area (Å²) in [7, 11) is 0. The van der Waals surface area contributed by atoms with Crippen molar-refractivity contribution < 1.29 is 28.6 Å². The van der Waals surface area contributed by atoms with E-state index in [4.69, 9.17) is 14.2 Å². The van der Waals surface area contributed by atoms with E-state index >= 15 is 0 Å². The van der Waals surface area contributed by atoms with E-state index in [9.17, 15) is 14.4 Å². The standard InChI is InChI=1S/C62H120O6/c1-5-7-9-11-13-15-17-19-21-22-27-31-35-39-43-47-51-55-62(65)68-59(56-66-60(63)53-49-45-41-37-33-29-20-18-16-14-12-10-8-6-2)57-67-61(64)54-50-46-42-38-34-30-26-24-23-25-28-32-36-40-44-48-52-58(3)4/h58-59H,5-57H2,1-4H3/t59-/m1/s1. The molecule has 0 aromatic carbocycles. The minimum absolute atomic E-state index is 0.0613. The van der Waals surface area contributed by atoms with Gasteiger partial charge in [0.05, 0.1) is 0 Å². The lowest BCUT2D eigenvalue weighted by Gasteiger charge is -2.18. The predicted octanol–water partition coefficient (Wildman–Crippen LogP) is 20.6. The summed E-state index contributed by atoms with van der Waals surface area (Å²) in [5, 5.41) is 0. The Morgan fingerprint density at radius 3 is 0.721 bits per heavy atom. The Balaban J connectivity index is 4.27. The van der Waals surface area contributed by atoms with Crippen molar-refractivity contribution in [3.8, 4) is 0 Å². The third-order valence-corrected chi connectivity index (χ3v) is 14.3. The van der Waals surface area contributed by atoms with Crippen LogP contribution in [0, 0.1) is 5.92 Å². The molecule has 0 aliphatic rings. The van der Waals surface area contributed by atoms with Gasteiger partial charge in [0.15, 0.2) is 6.10 Å². The molecule has 1 atom stereocenters. The Morgan fingerprint density at radius 1 is 0.279 bits per heavy atom. The Labute approximate surface area is 425 Å². The maximum absolute atomic E-state index is 12.9. The smallest absolute Gasteiger partial charge is 0.306 e. The van der Waals surface area contributed by atoms with E-state index in [0.29, 0.717) is 19.3 Å². The van der Waals surface area contributed by atoms with Crippen molar-refractivity contribution in [2.45, 2.75) is 361 Å². The first-order valence-corrected chi connectivity index (χ1v) is 30.9. The minimum atomic E-state index is -0.762. The van der Waals surface area contributed by atoms with Crippen LogP contribution in [0.1, 0.15) is 355 Å². The monoisotopic (exact) mass is 961 g/mol. The molecule has 0 aromatic heterocycles. The second-order valence-corrected chi connectivity index (χ2v) is 21.8. The van der Waals surface area contributed by atoms with E-state index < -0.39 is 6.10 Å². The first-order valence-electron chi connectivity index (χ1n) is 30.9. The van der Waals surface area contributed by atoms with Gasteiger partial charge >= 0.3 is 17.9 Å². The van der Waals surface area contributed by atoms with Crippen LogP contribution in [-0.2, 0) is 28.6 Å². The average Bonchev–Trinajstić information content (AvgIpc) is 3.32. The van der Waals surface area contributed by atoms with Gasteiger partial charge in [-0.05, 0) is 25.2 Å². The van der Waals surface area contributed by atoms with Crippen molar-refractivity contribution in [1.29, 1.82) is 0 Å². The first-order chi connectivity index (χ1) is 33.4. The SMILES string of the molecule is CCCCCCCCCCCCCCCCCCCC(=O)O[C@H](COC(=O)CCCCCCCCCCCCCCCC)COC(=O)CCCCCCCCCCCCCCCCCCC(C)C.